The van der Waals surface area contributed by atoms with Crippen molar-refractivity contribution in [2.75, 3.05) is 26.2 Å². The third-order valence-electron chi connectivity index (χ3n) is 3.95. The van der Waals surface area contributed by atoms with E-state index in [2.05, 4.69) is 10.2 Å². The topological polar surface area (TPSA) is 35.5 Å². The maximum atomic E-state index is 9.63. The fourth-order valence-electron chi connectivity index (χ4n) is 3.05. The van der Waals surface area contributed by atoms with Gasteiger partial charge in [-0.05, 0) is 49.2 Å². The van der Waals surface area contributed by atoms with Gasteiger partial charge in [0.2, 0.25) is 0 Å². The summed E-state index contributed by atoms with van der Waals surface area (Å²) in [4.78, 5) is 2.55. The summed E-state index contributed by atoms with van der Waals surface area (Å²) in [5.74, 6) is 0.932. The number of hydrogen-bond acceptors (Lipinski definition) is 3. The van der Waals surface area contributed by atoms with Gasteiger partial charge in [0.05, 0.1) is 0 Å². The molecule has 1 saturated heterocycles. The smallest absolute Gasteiger partial charge is 0.115 e. The average Bonchev–Trinajstić information content (AvgIpc) is 2.83. The molecule has 0 bridgehead atoms. The molecule has 3 heteroatoms. The van der Waals surface area contributed by atoms with Gasteiger partial charge in [0.25, 0.3) is 0 Å². The van der Waals surface area contributed by atoms with Crippen LogP contribution in [0.1, 0.15) is 29.9 Å². The molecule has 0 spiro atoms. The Bertz CT molecular complexity index is 399. The Balaban J connectivity index is 1.80. The van der Waals surface area contributed by atoms with Crippen LogP contribution in [0.15, 0.2) is 18.2 Å². The van der Waals surface area contributed by atoms with E-state index in [0.717, 1.165) is 19.6 Å². The van der Waals surface area contributed by atoms with E-state index in [4.69, 9.17) is 0 Å². The summed E-state index contributed by atoms with van der Waals surface area (Å²) in [6.45, 7) is 5.58. The van der Waals surface area contributed by atoms with E-state index >= 15 is 0 Å². The lowest BCUT2D eigenvalue weighted by atomic mass is 9.90. The van der Waals surface area contributed by atoms with Crippen molar-refractivity contribution < 1.29 is 5.11 Å². The fraction of sp³-hybridized carbons (Fsp3) is 0.571. The Labute approximate surface area is 102 Å². The number of phenols is 1. The predicted molar refractivity (Wildman–Crippen MR) is 68.2 cm³/mol. The summed E-state index contributed by atoms with van der Waals surface area (Å²) >= 11 is 0. The van der Waals surface area contributed by atoms with E-state index in [1.165, 1.54) is 37.1 Å². The molecule has 17 heavy (non-hydrogen) atoms. The zero-order valence-corrected chi connectivity index (χ0v) is 10.2. The number of fused-ring (bicyclic) bond motifs is 1. The monoisotopic (exact) mass is 232 g/mol. The molecule has 1 aromatic carbocycles. The molecule has 0 saturated carbocycles. The first kappa shape index (κ1) is 11.1. The van der Waals surface area contributed by atoms with Crippen molar-refractivity contribution in [2.45, 2.75) is 25.3 Å². The van der Waals surface area contributed by atoms with E-state index in [1.807, 2.05) is 12.1 Å². The second-order valence-corrected chi connectivity index (χ2v) is 5.22. The minimum absolute atomic E-state index is 0.400. The lowest BCUT2D eigenvalue weighted by molar-refractivity contribution is 0.303. The highest BCUT2D eigenvalue weighted by molar-refractivity contribution is 5.39. The van der Waals surface area contributed by atoms with Crippen LogP contribution in [0, 0.1) is 0 Å². The van der Waals surface area contributed by atoms with Crippen molar-refractivity contribution in [2.24, 2.45) is 0 Å². The van der Waals surface area contributed by atoms with Crippen molar-refractivity contribution >= 4 is 0 Å². The third kappa shape index (κ3) is 2.31. The summed E-state index contributed by atoms with van der Waals surface area (Å²) in [5.41, 5.74) is 2.69. The third-order valence-corrected chi connectivity index (χ3v) is 3.95. The summed E-state index contributed by atoms with van der Waals surface area (Å²) < 4.78 is 0. The normalized spacial score (nSPS) is 24.8. The van der Waals surface area contributed by atoms with Gasteiger partial charge in [-0.25, -0.2) is 0 Å². The van der Waals surface area contributed by atoms with Gasteiger partial charge in [0.1, 0.15) is 5.75 Å². The molecular formula is C14H20N2O. The van der Waals surface area contributed by atoms with Gasteiger partial charge in [-0.3, -0.25) is 0 Å². The second kappa shape index (κ2) is 4.67. The van der Waals surface area contributed by atoms with E-state index in [9.17, 15) is 5.11 Å². The van der Waals surface area contributed by atoms with Crippen molar-refractivity contribution in [1.29, 1.82) is 0 Å². The molecule has 92 valence electrons. The van der Waals surface area contributed by atoms with Gasteiger partial charge in [-0.1, -0.05) is 6.07 Å². The largest absolute Gasteiger partial charge is 0.508 e. The van der Waals surface area contributed by atoms with Crippen LogP contribution in [-0.4, -0.2) is 36.2 Å². The van der Waals surface area contributed by atoms with Gasteiger partial charge in [-0.15, -0.1) is 0 Å². The number of hydrogen-bond donors (Lipinski definition) is 2. The molecule has 0 aromatic heterocycles. The number of nitrogens with one attached hydrogen (secondary N) is 1. The molecule has 1 unspecified atom stereocenters. The Morgan fingerprint density at radius 3 is 2.94 bits per heavy atom. The molecule has 3 nitrogen and oxygen atoms in total. The van der Waals surface area contributed by atoms with Crippen LogP contribution in [0.4, 0.5) is 0 Å². The van der Waals surface area contributed by atoms with Gasteiger partial charge >= 0.3 is 0 Å². The van der Waals surface area contributed by atoms with Crippen molar-refractivity contribution in [1.82, 2.24) is 10.2 Å². The number of benzene rings is 1. The maximum absolute atomic E-state index is 9.63. The van der Waals surface area contributed by atoms with Crippen molar-refractivity contribution in [3.05, 3.63) is 29.3 Å². The molecule has 0 aliphatic carbocycles. The first-order valence-corrected chi connectivity index (χ1v) is 6.58. The molecule has 1 atom stereocenters. The molecule has 1 fully saturated rings. The zero-order chi connectivity index (χ0) is 11.7. The van der Waals surface area contributed by atoms with Gasteiger partial charge in [0, 0.05) is 25.6 Å². The van der Waals surface area contributed by atoms with E-state index < -0.39 is 0 Å². The molecule has 2 heterocycles. The molecule has 2 aliphatic rings. The lowest BCUT2D eigenvalue weighted by Crippen LogP contribution is -2.35. The minimum Gasteiger partial charge on any atom is -0.508 e. The zero-order valence-electron chi connectivity index (χ0n) is 10.2. The highest BCUT2D eigenvalue weighted by Crippen LogP contribution is 2.28. The highest BCUT2D eigenvalue weighted by Gasteiger charge is 2.23. The van der Waals surface area contributed by atoms with E-state index in [1.54, 1.807) is 6.07 Å². The van der Waals surface area contributed by atoms with Gasteiger partial charge < -0.3 is 15.3 Å². The van der Waals surface area contributed by atoms with Crippen LogP contribution < -0.4 is 5.32 Å². The second-order valence-electron chi connectivity index (χ2n) is 5.22. The van der Waals surface area contributed by atoms with Gasteiger partial charge in [0.15, 0.2) is 0 Å². The Morgan fingerprint density at radius 1 is 1.29 bits per heavy atom. The molecule has 0 amide bonds. The number of phenolic OH excluding ortho intramolecular Hbond substituents is 1. The average molecular weight is 232 g/mol. The maximum Gasteiger partial charge on any atom is 0.115 e. The molecule has 0 radical (unpaired) electrons. The quantitative estimate of drug-likeness (QED) is 0.814. The van der Waals surface area contributed by atoms with Crippen LogP contribution in [0.2, 0.25) is 0 Å². The highest BCUT2D eigenvalue weighted by atomic mass is 16.3. The van der Waals surface area contributed by atoms with Crippen LogP contribution in [-0.2, 0) is 6.54 Å². The van der Waals surface area contributed by atoms with E-state index in [-0.39, 0.29) is 0 Å². The fourth-order valence-corrected chi connectivity index (χ4v) is 3.05. The van der Waals surface area contributed by atoms with E-state index in [0.29, 0.717) is 11.7 Å². The molecule has 3 rings (SSSR count). The predicted octanol–water partition coefficient (Wildman–Crippen LogP) is 1.67. The van der Waals surface area contributed by atoms with Crippen LogP contribution in [0.25, 0.3) is 0 Å². The van der Waals surface area contributed by atoms with Crippen molar-refractivity contribution in [3.63, 3.8) is 0 Å². The number of nitrogens with zero attached hydrogens (tertiary/aromatic N) is 1. The van der Waals surface area contributed by atoms with Crippen LogP contribution >= 0.6 is 0 Å². The standard InChI is InChI=1S/C14H20N2O/c17-13-4-3-11-8-15-9-12(14(11)7-13)10-16-5-1-2-6-16/h3-4,7,12,15,17H,1-2,5-6,8-10H2. The molecule has 2 aliphatic heterocycles. The number of likely N-dealkylation sites (tertiary alicyclic amines) is 1. The summed E-state index contributed by atoms with van der Waals surface area (Å²) in [6, 6.07) is 5.80. The first-order chi connectivity index (χ1) is 8.33. The number of rotatable bonds is 2. The Hall–Kier alpha value is -1.06. The van der Waals surface area contributed by atoms with Gasteiger partial charge in [-0.2, -0.15) is 0 Å². The van der Waals surface area contributed by atoms with Crippen LogP contribution in [0.5, 0.6) is 5.75 Å². The Morgan fingerprint density at radius 2 is 2.12 bits per heavy atom. The van der Waals surface area contributed by atoms with Crippen molar-refractivity contribution in [3.8, 4) is 5.75 Å². The molecular weight excluding hydrogens is 212 g/mol. The summed E-state index contributed by atoms with van der Waals surface area (Å²) in [5, 5.41) is 13.1. The minimum atomic E-state index is 0.400. The molecule has 1 aromatic rings. The Kier molecular flexibility index (Phi) is 3.04. The number of aromatic hydroxyl groups is 1. The van der Waals surface area contributed by atoms with Crippen LogP contribution in [0.3, 0.4) is 0 Å². The summed E-state index contributed by atoms with van der Waals surface area (Å²) in [6.07, 6.45) is 2.68. The summed E-state index contributed by atoms with van der Waals surface area (Å²) in [7, 11) is 0. The SMILES string of the molecule is Oc1ccc2c(c1)C(CN1CCCC1)CNC2. The molecule has 2 N–H and O–H groups in total. The lowest BCUT2D eigenvalue weighted by Gasteiger charge is -2.30. The first-order valence-electron chi connectivity index (χ1n) is 6.58.